The lowest BCUT2D eigenvalue weighted by Gasteiger charge is -2.26. The van der Waals surface area contributed by atoms with Crippen LogP contribution in [-0.4, -0.2) is 8.80 Å². The highest BCUT2D eigenvalue weighted by Gasteiger charge is 2.29. The predicted octanol–water partition coefficient (Wildman–Crippen LogP) is 20.9. The smallest absolute Gasteiger partial charge is 0.0641 e. The summed E-state index contributed by atoms with van der Waals surface area (Å²) in [6, 6.07) is 90.5. The van der Waals surface area contributed by atoms with Crippen molar-refractivity contribution in [1.29, 1.82) is 0 Å². The Kier molecular flexibility index (Phi) is 10.1. The Balaban J connectivity index is 1.03. The molecule has 0 N–H and O–H groups in total. The van der Waals surface area contributed by atoms with Gasteiger partial charge in [0.2, 0.25) is 0 Å². The SMILES string of the molecule is CC(C)(C)c1ccc(-c2ccc3c(c2)c2c(N(c4ccccc4)c4ccccc4)ccc4c5cc6c(cc5n3c42)c2ccc(N(c3ccccc3)c3ccccc3)c3c4cc(-c5ccc(C(C)(C)C)cc5)ccc4n6c23)cc1. The van der Waals surface area contributed by atoms with Crippen LogP contribution >= 0.6 is 0 Å². The first-order valence-corrected chi connectivity index (χ1v) is 27.4. The monoisotopic (exact) mass is 1000 g/mol. The lowest BCUT2D eigenvalue weighted by Crippen LogP contribution is -2.10. The van der Waals surface area contributed by atoms with Gasteiger partial charge in [0.05, 0.1) is 44.5 Å². The van der Waals surface area contributed by atoms with Crippen LogP contribution in [0.3, 0.4) is 0 Å². The summed E-state index contributed by atoms with van der Waals surface area (Å²) in [4.78, 5) is 4.88. The topological polar surface area (TPSA) is 15.3 Å². The van der Waals surface area contributed by atoms with Crippen molar-refractivity contribution in [3.8, 4) is 22.3 Å². The van der Waals surface area contributed by atoms with Crippen molar-refractivity contribution in [2.24, 2.45) is 0 Å². The van der Waals surface area contributed by atoms with Crippen molar-refractivity contribution >= 4 is 110 Å². The number of para-hydroxylation sites is 4. The van der Waals surface area contributed by atoms with Gasteiger partial charge in [-0.2, -0.15) is 0 Å². The summed E-state index contributed by atoms with van der Waals surface area (Å²) >= 11 is 0. The molecule has 0 saturated heterocycles. The average molecular weight is 1000 g/mol. The molecule has 0 aliphatic carbocycles. The van der Waals surface area contributed by atoms with Crippen LogP contribution in [0, 0.1) is 0 Å². The van der Waals surface area contributed by atoms with E-state index in [-0.39, 0.29) is 10.8 Å². The van der Waals surface area contributed by atoms with Gasteiger partial charge in [-0.15, -0.1) is 0 Å². The van der Waals surface area contributed by atoms with Gasteiger partial charge < -0.3 is 18.6 Å². The lowest BCUT2D eigenvalue weighted by atomic mass is 9.86. The molecule has 0 fully saturated rings. The molecule has 4 heterocycles. The third kappa shape index (κ3) is 6.99. The molecule has 0 aliphatic rings. The summed E-state index contributed by atoms with van der Waals surface area (Å²) in [5.41, 5.74) is 21.7. The van der Waals surface area contributed by atoms with Gasteiger partial charge in [-0.3, -0.25) is 0 Å². The number of hydrogen-bond donors (Lipinski definition) is 0. The minimum absolute atomic E-state index is 0.0705. The Hall–Kier alpha value is -9.38. The van der Waals surface area contributed by atoms with Crippen LogP contribution < -0.4 is 9.80 Å². The maximum absolute atomic E-state index is 2.57. The van der Waals surface area contributed by atoms with Crippen LogP contribution in [0.1, 0.15) is 52.7 Å². The third-order valence-electron chi connectivity index (χ3n) is 16.7. The highest BCUT2D eigenvalue weighted by molar-refractivity contribution is 6.32. The summed E-state index contributed by atoms with van der Waals surface area (Å²) in [7, 11) is 0. The summed E-state index contributed by atoms with van der Waals surface area (Å²) < 4.78 is 5.14. The molecule has 374 valence electrons. The fourth-order valence-electron chi connectivity index (χ4n) is 12.8. The first-order valence-electron chi connectivity index (χ1n) is 27.4. The van der Waals surface area contributed by atoms with Gasteiger partial charge in [-0.1, -0.05) is 187 Å². The van der Waals surface area contributed by atoms with Crippen LogP contribution in [0.2, 0.25) is 0 Å². The molecule has 0 spiro atoms. The van der Waals surface area contributed by atoms with E-state index in [2.05, 4.69) is 303 Å². The quantitative estimate of drug-likeness (QED) is 0.151. The first-order chi connectivity index (χ1) is 38.0. The summed E-state index contributed by atoms with van der Waals surface area (Å²) in [6.07, 6.45) is 0. The van der Waals surface area contributed by atoms with Crippen LogP contribution in [0.15, 0.2) is 243 Å². The van der Waals surface area contributed by atoms with Crippen molar-refractivity contribution in [2.75, 3.05) is 9.80 Å². The Morgan fingerprint density at radius 1 is 0.269 bits per heavy atom. The molecule has 4 aromatic heterocycles. The molecule has 15 rings (SSSR count). The van der Waals surface area contributed by atoms with Crippen LogP contribution in [0.5, 0.6) is 0 Å². The molecule has 0 unspecified atom stereocenters. The molecule has 0 aliphatic heterocycles. The van der Waals surface area contributed by atoms with Gasteiger partial charge >= 0.3 is 0 Å². The van der Waals surface area contributed by atoms with Crippen LogP contribution in [-0.2, 0) is 10.8 Å². The second kappa shape index (κ2) is 17.1. The van der Waals surface area contributed by atoms with Crippen molar-refractivity contribution in [2.45, 2.75) is 52.4 Å². The second-order valence-electron chi connectivity index (χ2n) is 23.4. The number of fused-ring (bicyclic) bond motifs is 12. The number of benzene rings is 11. The van der Waals surface area contributed by atoms with E-state index in [1.807, 2.05) is 0 Å². The van der Waals surface area contributed by atoms with Crippen molar-refractivity contribution in [1.82, 2.24) is 8.80 Å². The van der Waals surface area contributed by atoms with Gasteiger partial charge in [-0.05, 0) is 141 Å². The molecule has 11 aromatic carbocycles. The molecule has 78 heavy (non-hydrogen) atoms. The van der Waals surface area contributed by atoms with E-state index in [4.69, 9.17) is 0 Å². The Morgan fingerprint density at radius 3 is 0.910 bits per heavy atom. The zero-order valence-corrected chi connectivity index (χ0v) is 44.9. The second-order valence-corrected chi connectivity index (χ2v) is 23.4. The van der Waals surface area contributed by atoms with E-state index < -0.39 is 0 Å². The highest BCUT2D eigenvalue weighted by Crippen LogP contribution is 2.52. The first kappa shape index (κ1) is 46.0. The molecule has 0 radical (unpaired) electrons. The Labute approximate surface area is 454 Å². The zero-order chi connectivity index (χ0) is 52.6. The van der Waals surface area contributed by atoms with E-state index in [0.717, 1.165) is 34.1 Å². The van der Waals surface area contributed by atoms with Crippen molar-refractivity contribution in [3.05, 3.63) is 254 Å². The minimum Gasteiger partial charge on any atom is -0.310 e. The minimum atomic E-state index is 0.0705. The highest BCUT2D eigenvalue weighted by atomic mass is 15.2. The largest absolute Gasteiger partial charge is 0.310 e. The van der Waals surface area contributed by atoms with Gasteiger partial charge in [0.1, 0.15) is 0 Å². The maximum Gasteiger partial charge on any atom is 0.0641 e. The van der Waals surface area contributed by atoms with Gasteiger partial charge in [0.15, 0.2) is 0 Å². The summed E-state index contributed by atoms with van der Waals surface area (Å²) in [6.45, 7) is 13.7. The third-order valence-corrected chi connectivity index (χ3v) is 16.7. The lowest BCUT2D eigenvalue weighted by molar-refractivity contribution is 0.590. The number of rotatable bonds is 8. The number of hydrogen-bond acceptors (Lipinski definition) is 2. The molecular weight excluding hydrogens is 945 g/mol. The Morgan fingerprint density at radius 2 is 0.590 bits per heavy atom. The molecule has 4 nitrogen and oxygen atoms in total. The number of anilines is 6. The van der Waals surface area contributed by atoms with E-state index in [0.29, 0.717) is 0 Å². The standard InChI is InChI=1S/C74H58N4/c1-73(2,3)51-33-27-47(28-34-51)49-31-39-63-61(43-49)69-65(75(53-19-11-7-12-20-53)54-21-13-8-14-22-54)41-37-57-59-46-68-60(45-67(59)77(63)71(57)69)58-38-42-66(76(55-23-15-9-16-24-55)56-25-17-10-18-26-56)70-62-44-50(32-40-64(62)78(68)72(58)70)48-29-35-52(36-30-48)74(4,5)6/h7-46H,1-6H3. The summed E-state index contributed by atoms with van der Waals surface area (Å²) in [5, 5.41) is 9.91. The van der Waals surface area contributed by atoms with Crippen LogP contribution in [0.4, 0.5) is 34.1 Å². The molecular formula is C74H58N4. The predicted molar refractivity (Wildman–Crippen MR) is 333 cm³/mol. The average Bonchev–Trinajstić information content (AvgIpc) is 3.23. The molecule has 0 bridgehead atoms. The van der Waals surface area contributed by atoms with E-state index in [1.54, 1.807) is 0 Å². The van der Waals surface area contributed by atoms with E-state index in [9.17, 15) is 0 Å². The molecule has 0 atom stereocenters. The fourth-order valence-corrected chi connectivity index (χ4v) is 12.8. The number of aromatic nitrogens is 2. The number of nitrogens with zero attached hydrogens (tertiary/aromatic N) is 4. The van der Waals surface area contributed by atoms with E-state index in [1.165, 1.54) is 110 Å². The zero-order valence-electron chi connectivity index (χ0n) is 44.9. The Bertz CT molecular complexity index is 4360. The normalized spacial score (nSPS) is 12.5. The van der Waals surface area contributed by atoms with Crippen molar-refractivity contribution in [3.63, 3.8) is 0 Å². The molecule has 4 heteroatoms. The van der Waals surface area contributed by atoms with Gasteiger partial charge in [0, 0.05) is 65.8 Å². The molecule has 15 aromatic rings. The van der Waals surface area contributed by atoms with Gasteiger partial charge in [-0.25, -0.2) is 0 Å². The van der Waals surface area contributed by atoms with Crippen LogP contribution in [0.25, 0.3) is 98.4 Å². The van der Waals surface area contributed by atoms with Gasteiger partial charge in [0.25, 0.3) is 0 Å². The maximum atomic E-state index is 2.57. The summed E-state index contributed by atoms with van der Waals surface area (Å²) in [5.74, 6) is 0. The van der Waals surface area contributed by atoms with E-state index >= 15 is 0 Å². The fraction of sp³-hybridized carbons (Fsp3) is 0.108. The molecule has 0 amide bonds. The van der Waals surface area contributed by atoms with Crippen molar-refractivity contribution < 1.29 is 0 Å². The molecule has 0 saturated carbocycles.